The van der Waals surface area contributed by atoms with E-state index in [4.69, 9.17) is 5.73 Å². The highest BCUT2D eigenvalue weighted by Crippen LogP contribution is 2.19. The molecular formula is C14H14N4. The van der Waals surface area contributed by atoms with Crippen LogP contribution in [0.1, 0.15) is 23.1 Å². The van der Waals surface area contributed by atoms with Gasteiger partial charge in [0.05, 0.1) is 11.6 Å². The smallest absolute Gasteiger partial charge is 0.178 e. The van der Waals surface area contributed by atoms with Gasteiger partial charge in [-0.05, 0) is 24.6 Å². The number of aromatic nitrogens is 3. The average molecular weight is 238 g/mol. The molecule has 1 atom stereocenters. The molecule has 0 aliphatic heterocycles. The summed E-state index contributed by atoms with van der Waals surface area (Å²) in [4.78, 5) is 12.1. The van der Waals surface area contributed by atoms with Gasteiger partial charge in [0, 0.05) is 5.69 Å². The monoisotopic (exact) mass is 238 g/mol. The van der Waals surface area contributed by atoms with E-state index >= 15 is 0 Å². The third-order valence-corrected chi connectivity index (χ3v) is 2.96. The molecule has 0 bridgehead atoms. The van der Waals surface area contributed by atoms with E-state index in [-0.39, 0.29) is 6.04 Å². The molecule has 0 aliphatic carbocycles. The highest BCUT2D eigenvalue weighted by molar-refractivity contribution is 5.70. The van der Waals surface area contributed by atoms with Gasteiger partial charge in [0.1, 0.15) is 5.82 Å². The molecule has 3 N–H and O–H groups in total. The molecule has 0 fully saturated rings. The molecule has 0 aliphatic rings. The van der Waals surface area contributed by atoms with Gasteiger partial charge in [0.2, 0.25) is 0 Å². The van der Waals surface area contributed by atoms with Crippen LogP contribution in [0.25, 0.3) is 11.2 Å². The van der Waals surface area contributed by atoms with Gasteiger partial charge >= 0.3 is 0 Å². The molecule has 2 aromatic heterocycles. The number of fused-ring (bicyclic) bond motifs is 1. The van der Waals surface area contributed by atoms with Crippen molar-refractivity contribution in [3.8, 4) is 0 Å². The topological polar surface area (TPSA) is 67.6 Å². The van der Waals surface area contributed by atoms with Crippen LogP contribution in [-0.2, 0) is 0 Å². The number of nitrogens with zero attached hydrogens (tertiary/aromatic N) is 2. The lowest BCUT2D eigenvalue weighted by Crippen LogP contribution is -2.13. The van der Waals surface area contributed by atoms with E-state index in [2.05, 4.69) is 15.0 Å². The van der Waals surface area contributed by atoms with Crippen molar-refractivity contribution in [2.75, 3.05) is 0 Å². The summed E-state index contributed by atoms with van der Waals surface area (Å²) in [6, 6.07) is 13.6. The van der Waals surface area contributed by atoms with Gasteiger partial charge in [-0.15, -0.1) is 0 Å². The molecule has 1 unspecified atom stereocenters. The predicted octanol–water partition coefficient (Wildman–Crippen LogP) is 2.31. The van der Waals surface area contributed by atoms with Crippen LogP contribution >= 0.6 is 0 Å². The molecule has 1 aromatic carbocycles. The molecule has 90 valence electrons. The molecule has 3 rings (SSSR count). The number of nitrogens with two attached hydrogens (primary N) is 1. The SMILES string of the molecule is Cc1ccc2[nH]c(C(N)c3ccccc3)nc2n1. The van der Waals surface area contributed by atoms with Crippen LogP contribution in [0.3, 0.4) is 0 Å². The van der Waals surface area contributed by atoms with Crippen molar-refractivity contribution in [1.29, 1.82) is 0 Å². The summed E-state index contributed by atoms with van der Waals surface area (Å²) in [5, 5.41) is 0. The first-order valence-electron chi connectivity index (χ1n) is 5.88. The quantitative estimate of drug-likeness (QED) is 0.720. The van der Waals surface area contributed by atoms with E-state index in [1.165, 1.54) is 0 Å². The van der Waals surface area contributed by atoms with Crippen LogP contribution in [-0.4, -0.2) is 15.0 Å². The number of benzene rings is 1. The van der Waals surface area contributed by atoms with E-state index in [0.717, 1.165) is 28.2 Å². The maximum atomic E-state index is 6.20. The number of rotatable bonds is 2. The number of H-pyrrole nitrogens is 1. The molecule has 3 aromatic rings. The molecule has 4 nitrogen and oxygen atoms in total. The Kier molecular flexibility index (Phi) is 2.57. The number of pyridine rings is 1. The van der Waals surface area contributed by atoms with Crippen molar-refractivity contribution in [1.82, 2.24) is 15.0 Å². The van der Waals surface area contributed by atoms with Gasteiger partial charge in [-0.3, -0.25) is 0 Å². The minimum Gasteiger partial charge on any atom is -0.339 e. The van der Waals surface area contributed by atoms with Crippen LogP contribution < -0.4 is 5.73 Å². The van der Waals surface area contributed by atoms with Crippen LogP contribution in [0.4, 0.5) is 0 Å². The first kappa shape index (κ1) is 10.9. The summed E-state index contributed by atoms with van der Waals surface area (Å²) < 4.78 is 0. The Hall–Kier alpha value is -2.20. The second kappa shape index (κ2) is 4.23. The van der Waals surface area contributed by atoms with Crippen LogP contribution in [0.15, 0.2) is 42.5 Å². The van der Waals surface area contributed by atoms with Crippen molar-refractivity contribution in [2.45, 2.75) is 13.0 Å². The van der Waals surface area contributed by atoms with Crippen LogP contribution in [0.5, 0.6) is 0 Å². The summed E-state index contributed by atoms with van der Waals surface area (Å²) in [6.07, 6.45) is 0. The van der Waals surface area contributed by atoms with Crippen molar-refractivity contribution in [2.24, 2.45) is 5.73 Å². The van der Waals surface area contributed by atoms with Crippen LogP contribution in [0, 0.1) is 6.92 Å². The van der Waals surface area contributed by atoms with Gasteiger partial charge in [0.25, 0.3) is 0 Å². The second-order valence-electron chi connectivity index (χ2n) is 4.33. The first-order chi connectivity index (χ1) is 8.74. The Morgan fingerprint density at radius 2 is 1.83 bits per heavy atom. The lowest BCUT2D eigenvalue weighted by atomic mass is 10.1. The fourth-order valence-corrected chi connectivity index (χ4v) is 1.97. The highest BCUT2D eigenvalue weighted by atomic mass is 15.0. The van der Waals surface area contributed by atoms with Crippen molar-refractivity contribution >= 4 is 11.2 Å². The van der Waals surface area contributed by atoms with Gasteiger partial charge in [-0.1, -0.05) is 30.3 Å². The lowest BCUT2D eigenvalue weighted by Gasteiger charge is -2.07. The fourth-order valence-electron chi connectivity index (χ4n) is 1.97. The molecule has 2 heterocycles. The molecule has 0 spiro atoms. The number of imidazole rings is 1. The normalized spacial score (nSPS) is 12.8. The van der Waals surface area contributed by atoms with E-state index in [1.54, 1.807) is 0 Å². The van der Waals surface area contributed by atoms with E-state index in [0.29, 0.717) is 0 Å². The van der Waals surface area contributed by atoms with Crippen LogP contribution in [0.2, 0.25) is 0 Å². The Balaban J connectivity index is 2.04. The minimum atomic E-state index is -0.249. The first-order valence-corrected chi connectivity index (χ1v) is 5.88. The Morgan fingerprint density at radius 3 is 2.61 bits per heavy atom. The summed E-state index contributed by atoms with van der Waals surface area (Å²) in [6.45, 7) is 1.95. The molecular weight excluding hydrogens is 224 g/mol. The van der Waals surface area contributed by atoms with Gasteiger partial charge in [-0.25, -0.2) is 9.97 Å². The fraction of sp³-hybridized carbons (Fsp3) is 0.143. The summed E-state index contributed by atoms with van der Waals surface area (Å²) in [7, 11) is 0. The molecule has 18 heavy (non-hydrogen) atoms. The highest BCUT2D eigenvalue weighted by Gasteiger charge is 2.13. The van der Waals surface area contributed by atoms with Gasteiger partial charge in [-0.2, -0.15) is 0 Å². The summed E-state index contributed by atoms with van der Waals surface area (Å²) in [5.74, 6) is 0.745. The second-order valence-corrected chi connectivity index (χ2v) is 4.33. The van der Waals surface area contributed by atoms with Gasteiger partial charge in [0.15, 0.2) is 5.65 Å². The third-order valence-electron chi connectivity index (χ3n) is 2.96. The molecule has 0 saturated heterocycles. The standard InChI is InChI=1S/C14H14N4/c1-9-7-8-11-13(16-9)18-14(17-11)12(15)10-5-3-2-4-6-10/h2-8,12H,15H2,1H3,(H,16,17,18). The number of hydrogen-bond donors (Lipinski definition) is 2. The maximum absolute atomic E-state index is 6.20. The van der Waals surface area contributed by atoms with Crippen molar-refractivity contribution in [3.63, 3.8) is 0 Å². The molecule has 4 heteroatoms. The number of aromatic amines is 1. The minimum absolute atomic E-state index is 0.249. The zero-order valence-electron chi connectivity index (χ0n) is 10.1. The number of hydrogen-bond acceptors (Lipinski definition) is 3. The Morgan fingerprint density at radius 1 is 1.06 bits per heavy atom. The maximum Gasteiger partial charge on any atom is 0.178 e. The Labute approximate surface area is 105 Å². The van der Waals surface area contributed by atoms with Crippen molar-refractivity contribution < 1.29 is 0 Å². The third kappa shape index (κ3) is 1.87. The average Bonchev–Trinajstić information content (AvgIpc) is 2.81. The van der Waals surface area contributed by atoms with Crippen molar-refractivity contribution in [3.05, 3.63) is 59.5 Å². The zero-order valence-corrected chi connectivity index (χ0v) is 10.1. The zero-order chi connectivity index (χ0) is 12.5. The van der Waals surface area contributed by atoms with E-state index in [1.807, 2.05) is 49.4 Å². The van der Waals surface area contributed by atoms with E-state index < -0.39 is 0 Å². The molecule has 0 saturated carbocycles. The Bertz CT molecular complexity index is 673. The predicted molar refractivity (Wildman–Crippen MR) is 71.1 cm³/mol. The largest absolute Gasteiger partial charge is 0.339 e. The van der Waals surface area contributed by atoms with E-state index in [9.17, 15) is 0 Å². The lowest BCUT2D eigenvalue weighted by molar-refractivity contribution is 0.805. The number of nitrogens with one attached hydrogen (secondary N) is 1. The summed E-state index contributed by atoms with van der Waals surface area (Å²) in [5.41, 5.74) is 9.82. The van der Waals surface area contributed by atoms with Gasteiger partial charge < -0.3 is 10.7 Å². The molecule has 0 amide bonds. The number of aryl methyl sites for hydroxylation is 1. The molecule has 0 radical (unpaired) electrons. The summed E-state index contributed by atoms with van der Waals surface area (Å²) >= 11 is 0.